The van der Waals surface area contributed by atoms with Crippen molar-refractivity contribution < 1.29 is 28.4 Å². The van der Waals surface area contributed by atoms with Gasteiger partial charge in [-0.2, -0.15) is 17.0 Å². The van der Waals surface area contributed by atoms with Crippen molar-refractivity contribution in [3.05, 3.63) is 0 Å². The zero-order valence-corrected chi connectivity index (χ0v) is 15.8. The number of nitrogens with two attached hydrogens (primary N) is 1. The number of carboxylic acids is 1. The van der Waals surface area contributed by atoms with Gasteiger partial charge in [-0.3, -0.25) is 4.79 Å². The number of rotatable bonds is 10. The molecule has 1 saturated heterocycles. The number of carbonyl (C=O) groups is 1. The van der Waals surface area contributed by atoms with Gasteiger partial charge in [0.05, 0.1) is 0 Å². The zero-order chi connectivity index (χ0) is 19.4. The summed E-state index contributed by atoms with van der Waals surface area (Å²) in [6.45, 7) is 0.508. The van der Waals surface area contributed by atoms with E-state index >= 15 is 0 Å². The van der Waals surface area contributed by atoms with Gasteiger partial charge in [-0.25, -0.2) is 0 Å². The lowest BCUT2D eigenvalue weighted by Crippen LogP contribution is -2.55. The predicted molar refractivity (Wildman–Crippen MR) is 94.0 cm³/mol. The molecule has 0 bridgehead atoms. The van der Waals surface area contributed by atoms with Gasteiger partial charge in [0.1, 0.15) is 5.54 Å². The number of hydrogen-bond donors (Lipinski definition) is 4. The molecule has 0 spiro atoms. The molecular weight excluding hydrogens is 351 g/mol. The molecule has 0 radical (unpaired) electrons. The van der Waals surface area contributed by atoms with Crippen LogP contribution in [-0.2, 0) is 15.0 Å². The van der Waals surface area contributed by atoms with E-state index in [9.17, 15) is 18.3 Å². The van der Waals surface area contributed by atoms with Crippen molar-refractivity contribution in [1.29, 1.82) is 0 Å². The third-order valence-corrected chi connectivity index (χ3v) is 6.49. The maximum absolute atomic E-state index is 12.7. The summed E-state index contributed by atoms with van der Waals surface area (Å²) in [6, 6.07) is 0. The third-order valence-electron chi connectivity index (χ3n) is 4.59. The molecule has 25 heavy (non-hydrogen) atoms. The van der Waals surface area contributed by atoms with E-state index in [-0.39, 0.29) is 26.0 Å². The van der Waals surface area contributed by atoms with E-state index in [1.807, 2.05) is 19.0 Å². The minimum absolute atomic E-state index is 0.00103. The predicted octanol–water partition coefficient (Wildman–Crippen LogP) is -2.31. The van der Waals surface area contributed by atoms with Crippen molar-refractivity contribution in [3.8, 4) is 0 Å². The Morgan fingerprint density at radius 1 is 1.32 bits per heavy atom. The zero-order valence-electron chi connectivity index (χ0n) is 15.0. The number of carboxylic acid groups (broad SMARTS) is 1. The molecule has 1 heterocycles. The molecule has 0 aromatic carbocycles. The molecule has 5 N–H and O–H groups in total. The monoisotopic (exact) mass is 380 g/mol. The fourth-order valence-corrected chi connectivity index (χ4v) is 4.31. The topological polar surface area (TPSA) is 148 Å². The summed E-state index contributed by atoms with van der Waals surface area (Å²) in [6.07, 6.45) is 0.731. The van der Waals surface area contributed by atoms with Crippen LogP contribution in [0.15, 0.2) is 0 Å². The van der Waals surface area contributed by atoms with Crippen LogP contribution in [0.5, 0.6) is 0 Å². The quantitative estimate of drug-likeness (QED) is 0.309. The Balaban J connectivity index is 2.87. The van der Waals surface area contributed by atoms with Crippen LogP contribution in [0, 0.1) is 5.92 Å². The van der Waals surface area contributed by atoms with Gasteiger partial charge in [-0.1, -0.05) is 6.42 Å². The molecule has 1 aliphatic rings. The van der Waals surface area contributed by atoms with Crippen molar-refractivity contribution in [1.82, 2.24) is 13.5 Å². The Morgan fingerprint density at radius 3 is 2.40 bits per heavy atom. The molecule has 146 valence electrons. The van der Waals surface area contributed by atoms with Crippen LogP contribution >= 0.6 is 0 Å². The summed E-state index contributed by atoms with van der Waals surface area (Å²) >= 11 is 0. The van der Waals surface area contributed by atoms with E-state index in [4.69, 9.17) is 15.8 Å². The van der Waals surface area contributed by atoms with Crippen molar-refractivity contribution in [2.24, 2.45) is 11.7 Å². The first-order valence-corrected chi connectivity index (χ1v) is 9.55. The van der Waals surface area contributed by atoms with Gasteiger partial charge in [0, 0.05) is 39.1 Å². The fourth-order valence-electron chi connectivity index (χ4n) is 2.86. The van der Waals surface area contributed by atoms with Gasteiger partial charge in [-0.15, -0.1) is 0 Å². The number of likely N-dealkylation sites (N-methyl/N-ethyl adjacent to an activating group) is 2. The first kappa shape index (κ1) is 22.3. The second-order valence-electron chi connectivity index (χ2n) is 6.88. The Hall–Kier alpha value is -0.755. The highest BCUT2D eigenvalue weighted by Gasteiger charge is 2.52. The minimum Gasteiger partial charge on any atom is -0.480 e. The molecule has 0 unspecified atom stereocenters. The molecule has 12 heteroatoms. The van der Waals surface area contributed by atoms with Gasteiger partial charge >= 0.3 is 13.1 Å². The van der Waals surface area contributed by atoms with E-state index in [2.05, 4.69) is 0 Å². The highest BCUT2D eigenvalue weighted by Crippen LogP contribution is 2.32. The number of nitrogens with zero attached hydrogens (tertiary/aromatic N) is 3. The Kier molecular flexibility index (Phi) is 7.81. The summed E-state index contributed by atoms with van der Waals surface area (Å²) < 4.78 is 27.7. The van der Waals surface area contributed by atoms with E-state index in [0.717, 1.165) is 4.31 Å². The maximum Gasteiger partial charge on any atom is 0.451 e. The average molecular weight is 380 g/mol. The second kappa shape index (κ2) is 8.76. The molecule has 0 saturated carbocycles. The molecule has 0 amide bonds. The molecule has 1 aliphatic heterocycles. The molecular formula is C13H29BN4O6S. The highest BCUT2D eigenvalue weighted by molar-refractivity contribution is 7.86. The lowest BCUT2D eigenvalue weighted by Gasteiger charge is -2.26. The van der Waals surface area contributed by atoms with Crippen LogP contribution in [0.4, 0.5) is 0 Å². The van der Waals surface area contributed by atoms with E-state index in [1.54, 1.807) is 0 Å². The van der Waals surface area contributed by atoms with Crippen LogP contribution < -0.4 is 5.73 Å². The van der Waals surface area contributed by atoms with Gasteiger partial charge in [-0.05, 0) is 26.8 Å². The first-order valence-electron chi connectivity index (χ1n) is 8.15. The summed E-state index contributed by atoms with van der Waals surface area (Å²) in [5, 5.41) is 27.3. The van der Waals surface area contributed by atoms with E-state index < -0.39 is 34.8 Å². The van der Waals surface area contributed by atoms with Gasteiger partial charge in [0.25, 0.3) is 10.2 Å². The van der Waals surface area contributed by atoms with Gasteiger partial charge in [0.2, 0.25) is 0 Å². The molecule has 10 nitrogen and oxygen atoms in total. The molecule has 1 rings (SSSR count). The maximum atomic E-state index is 12.7. The summed E-state index contributed by atoms with van der Waals surface area (Å²) in [5.74, 6) is -1.85. The summed E-state index contributed by atoms with van der Waals surface area (Å²) in [4.78, 5) is 13.5. The molecule has 0 aromatic rings. The first-order chi connectivity index (χ1) is 11.4. The normalized spacial score (nSPS) is 25.0. The van der Waals surface area contributed by atoms with Gasteiger partial charge in [0.15, 0.2) is 0 Å². The lowest BCUT2D eigenvalue weighted by molar-refractivity contribution is -0.144. The van der Waals surface area contributed by atoms with Crippen LogP contribution in [0.2, 0.25) is 6.32 Å². The molecule has 0 aromatic heterocycles. The smallest absolute Gasteiger partial charge is 0.451 e. The van der Waals surface area contributed by atoms with Crippen molar-refractivity contribution in [3.63, 3.8) is 0 Å². The molecule has 2 atom stereocenters. The van der Waals surface area contributed by atoms with Crippen LogP contribution in [0.25, 0.3) is 0 Å². The molecule has 0 aliphatic carbocycles. The Morgan fingerprint density at radius 2 is 1.92 bits per heavy atom. The number of aliphatic carboxylic acids is 1. The molecule has 1 fully saturated rings. The van der Waals surface area contributed by atoms with E-state index in [0.29, 0.717) is 19.4 Å². The highest BCUT2D eigenvalue weighted by atomic mass is 32.2. The number of hydrogen-bond acceptors (Lipinski definition) is 7. The van der Waals surface area contributed by atoms with Gasteiger partial charge < -0.3 is 25.8 Å². The van der Waals surface area contributed by atoms with Crippen molar-refractivity contribution in [2.45, 2.75) is 24.7 Å². The third kappa shape index (κ3) is 5.61. The minimum atomic E-state index is -3.82. The van der Waals surface area contributed by atoms with Crippen molar-refractivity contribution in [2.75, 3.05) is 47.3 Å². The lowest BCUT2D eigenvalue weighted by atomic mass is 9.78. The summed E-state index contributed by atoms with van der Waals surface area (Å²) in [5.41, 5.74) is 4.33. The van der Waals surface area contributed by atoms with E-state index in [1.165, 1.54) is 11.4 Å². The second-order valence-corrected chi connectivity index (χ2v) is 8.91. The largest absolute Gasteiger partial charge is 0.480 e. The summed E-state index contributed by atoms with van der Waals surface area (Å²) in [7, 11) is -0.179. The average Bonchev–Trinajstić information content (AvgIpc) is 2.83. The fraction of sp³-hybridized carbons (Fsp3) is 0.923. The van der Waals surface area contributed by atoms with Crippen LogP contribution in [0.1, 0.15) is 12.8 Å². The Bertz CT molecular complexity index is 561. The standard InChI is InChI=1S/C13H29BN4O6S/c1-16(2)7-8-17(3)25(23,24)18-9-11(5-4-6-14(21)22)13(15,10-18)12(19)20/h11,21-22H,4-10,15H2,1-3H3,(H,19,20)/t11-,13-/m1/s1. The van der Waals surface area contributed by atoms with Crippen LogP contribution in [-0.4, -0.2) is 103 Å². The Labute approximate surface area is 149 Å². The van der Waals surface area contributed by atoms with Crippen LogP contribution in [0.3, 0.4) is 0 Å². The van der Waals surface area contributed by atoms with Crippen molar-refractivity contribution >= 4 is 23.3 Å². The SMILES string of the molecule is CN(C)CCN(C)S(=O)(=O)N1C[C@@H](CCCB(O)O)[C@@](N)(C(=O)O)C1.